The van der Waals surface area contributed by atoms with E-state index in [9.17, 15) is 35.7 Å². The van der Waals surface area contributed by atoms with Crippen LogP contribution >= 0.6 is 0 Å². The Morgan fingerprint density at radius 1 is 0.600 bits per heavy atom. The zero-order valence-electron chi connectivity index (χ0n) is 20.7. The molecule has 35 heavy (non-hydrogen) atoms. The normalized spacial score (nSPS) is 38.1. The molecule has 2 heterocycles. The number of rotatable bonds is 16. The first-order valence-corrected chi connectivity index (χ1v) is 13.1. The van der Waals surface area contributed by atoms with Crippen molar-refractivity contribution in [2.24, 2.45) is 0 Å². The molecule has 0 unspecified atom stereocenters. The summed E-state index contributed by atoms with van der Waals surface area (Å²) in [6.07, 6.45) is -2.55. The molecule has 0 saturated carbocycles. The molecule has 11 nitrogen and oxygen atoms in total. The van der Waals surface area contributed by atoms with Crippen LogP contribution in [0, 0.1) is 0 Å². The van der Waals surface area contributed by atoms with Gasteiger partial charge in [-0.05, 0) is 6.42 Å². The molecule has 0 aliphatic carbocycles. The number of unbranched alkanes of at least 4 members (excludes halogenated alkanes) is 9. The molecule has 2 fully saturated rings. The minimum atomic E-state index is -1.72. The summed E-state index contributed by atoms with van der Waals surface area (Å²) in [5, 5.41) is 70.2. The lowest BCUT2D eigenvalue weighted by Gasteiger charge is -2.46. The third kappa shape index (κ3) is 9.11. The molecule has 2 rings (SSSR count). The molecule has 2 aliphatic rings. The average Bonchev–Trinajstić information content (AvgIpc) is 2.85. The molecule has 0 amide bonds. The fourth-order valence-electron chi connectivity index (χ4n) is 4.56. The van der Waals surface area contributed by atoms with E-state index in [2.05, 4.69) is 6.92 Å². The third-order valence-corrected chi connectivity index (χ3v) is 6.76. The second kappa shape index (κ2) is 16.4. The van der Waals surface area contributed by atoms with Gasteiger partial charge in [0.25, 0.3) is 0 Å². The minimum Gasteiger partial charge on any atom is -0.394 e. The highest BCUT2D eigenvalue weighted by Gasteiger charge is 2.50. The summed E-state index contributed by atoms with van der Waals surface area (Å²) in [7, 11) is 0. The Kier molecular flexibility index (Phi) is 14.4. The zero-order chi connectivity index (χ0) is 25.8. The highest BCUT2D eigenvalue weighted by Crippen LogP contribution is 2.29. The Morgan fingerprint density at radius 2 is 1.17 bits per heavy atom. The summed E-state index contributed by atoms with van der Waals surface area (Å²) in [6.45, 7) is 1.29. The minimum absolute atomic E-state index is 0.291. The van der Waals surface area contributed by atoms with Gasteiger partial charge in [0.05, 0.1) is 13.2 Å². The number of aliphatic hydroxyl groups is 7. The lowest BCUT2D eigenvalue weighted by atomic mass is 9.97. The van der Waals surface area contributed by atoms with Gasteiger partial charge in [0.1, 0.15) is 48.8 Å². The molecule has 0 aromatic carbocycles. The first kappa shape index (κ1) is 30.8. The fraction of sp³-hybridized carbons (Fsp3) is 1.00. The van der Waals surface area contributed by atoms with Gasteiger partial charge in [0.2, 0.25) is 0 Å². The molecule has 2 saturated heterocycles. The van der Waals surface area contributed by atoms with Crippen LogP contribution in [0.3, 0.4) is 0 Å². The molecular formula is C24H46O11. The van der Waals surface area contributed by atoms with E-state index in [0.29, 0.717) is 6.61 Å². The number of ether oxygens (including phenoxy) is 4. The van der Waals surface area contributed by atoms with Gasteiger partial charge >= 0.3 is 0 Å². The van der Waals surface area contributed by atoms with Crippen molar-refractivity contribution in [1.29, 1.82) is 0 Å². The summed E-state index contributed by atoms with van der Waals surface area (Å²) in [4.78, 5) is 0. The summed E-state index contributed by atoms with van der Waals surface area (Å²) in [5.74, 6) is 0. The summed E-state index contributed by atoms with van der Waals surface area (Å²) < 4.78 is 21.9. The Bertz CT molecular complexity index is 552. The molecule has 0 aromatic rings. The van der Waals surface area contributed by atoms with Crippen molar-refractivity contribution < 1.29 is 54.7 Å². The number of hydrogen-bond donors (Lipinski definition) is 7. The highest BCUT2D eigenvalue weighted by atomic mass is 16.7. The average molecular weight is 511 g/mol. The van der Waals surface area contributed by atoms with Crippen molar-refractivity contribution in [3.63, 3.8) is 0 Å². The van der Waals surface area contributed by atoms with Crippen LogP contribution in [0.2, 0.25) is 0 Å². The molecule has 2 aliphatic heterocycles. The van der Waals surface area contributed by atoms with Gasteiger partial charge in [-0.2, -0.15) is 0 Å². The van der Waals surface area contributed by atoms with E-state index in [0.717, 1.165) is 25.7 Å². The van der Waals surface area contributed by atoms with Gasteiger partial charge in [-0.25, -0.2) is 0 Å². The Hall–Kier alpha value is -0.440. The van der Waals surface area contributed by atoms with Crippen molar-refractivity contribution >= 4 is 0 Å². The molecule has 10 atom stereocenters. The standard InChI is InChI=1S/C24H46O11/c1-2-3-4-5-6-7-8-9-10-11-12-32-22-17(27)15(13-25)34-24(20(22)30)35-21-16(14-26)33-23(31)19(29)18(21)28/h15-31H,2-14H2,1H3/t15-,16-,17-,18-,19-,20-,21-,22+,23-,24-/m1/s1. The lowest BCUT2D eigenvalue weighted by Crippen LogP contribution is -2.64. The topological polar surface area (TPSA) is 179 Å². The SMILES string of the molecule is CCCCCCCCCCCCO[C@@H]1[C@@H](O)[C@@H](O[C@H]2[C@H](O)[C@@H](O)[C@H](O)O[C@@H]2CO)O[C@H](CO)[C@H]1O. The monoisotopic (exact) mass is 510 g/mol. The Morgan fingerprint density at radius 3 is 1.74 bits per heavy atom. The maximum Gasteiger partial charge on any atom is 0.187 e. The molecule has 0 bridgehead atoms. The van der Waals surface area contributed by atoms with Gasteiger partial charge < -0.3 is 54.7 Å². The van der Waals surface area contributed by atoms with Gasteiger partial charge in [-0.3, -0.25) is 0 Å². The van der Waals surface area contributed by atoms with Crippen LogP contribution in [0.15, 0.2) is 0 Å². The first-order chi connectivity index (χ1) is 16.8. The van der Waals surface area contributed by atoms with Crippen molar-refractivity contribution in [3.8, 4) is 0 Å². The van der Waals surface area contributed by atoms with Crippen molar-refractivity contribution in [3.05, 3.63) is 0 Å². The Balaban J connectivity index is 1.81. The third-order valence-electron chi connectivity index (χ3n) is 6.76. The summed E-state index contributed by atoms with van der Waals surface area (Å²) >= 11 is 0. The van der Waals surface area contributed by atoms with Gasteiger partial charge in [0, 0.05) is 6.61 Å². The smallest absolute Gasteiger partial charge is 0.187 e. The predicted molar refractivity (Wildman–Crippen MR) is 124 cm³/mol. The van der Waals surface area contributed by atoms with Gasteiger partial charge in [-0.15, -0.1) is 0 Å². The van der Waals surface area contributed by atoms with Crippen LogP contribution in [0.25, 0.3) is 0 Å². The van der Waals surface area contributed by atoms with Crippen LogP contribution in [0.4, 0.5) is 0 Å². The quantitative estimate of drug-likeness (QED) is 0.134. The van der Waals surface area contributed by atoms with Crippen LogP contribution in [0.1, 0.15) is 71.1 Å². The molecular weight excluding hydrogens is 464 g/mol. The lowest BCUT2D eigenvalue weighted by molar-refractivity contribution is -0.357. The van der Waals surface area contributed by atoms with Crippen LogP contribution < -0.4 is 0 Å². The molecule has 7 N–H and O–H groups in total. The molecule has 0 radical (unpaired) electrons. The van der Waals surface area contributed by atoms with E-state index < -0.39 is 74.6 Å². The van der Waals surface area contributed by atoms with E-state index >= 15 is 0 Å². The summed E-state index contributed by atoms with van der Waals surface area (Å²) in [5.41, 5.74) is 0. The van der Waals surface area contributed by atoms with Crippen LogP contribution in [-0.4, -0.2) is 117 Å². The van der Waals surface area contributed by atoms with Gasteiger partial charge in [-0.1, -0.05) is 64.7 Å². The maximum atomic E-state index is 10.8. The second-order valence-electron chi connectivity index (χ2n) is 9.55. The highest BCUT2D eigenvalue weighted by molar-refractivity contribution is 4.94. The van der Waals surface area contributed by atoms with Crippen molar-refractivity contribution in [1.82, 2.24) is 0 Å². The van der Waals surface area contributed by atoms with Crippen LogP contribution in [0.5, 0.6) is 0 Å². The summed E-state index contributed by atoms with van der Waals surface area (Å²) in [6, 6.07) is 0. The molecule has 0 aromatic heterocycles. The van der Waals surface area contributed by atoms with E-state index in [4.69, 9.17) is 18.9 Å². The van der Waals surface area contributed by atoms with E-state index in [1.165, 1.54) is 38.5 Å². The number of aliphatic hydroxyl groups excluding tert-OH is 7. The van der Waals surface area contributed by atoms with E-state index in [-0.39, 0.29) is 0 Å². The van der Waals surface area contributed by atoms with E-state index in [1.807, 2.05) is 0 Å². The number of hydrogen-bond acceptors (Lipinski definition) is 11. The molecule has 208 valence electrons. The fourth-order valence-corrected chi connectivity index (χ4v) is 4.56. The molecule has 0 spiro atoms. The van der Waals surface area contributed by atoms with Crippen LogP contribution in [-0.2, 0) is 18.9 Å². The van der Waals surface area contributed by atoms with Gasteiger partial charge in [0.15, 0.2) is 12.6 Å². The second-order valence-corrected chi connectivity index (χ2v) is 9.55. The van der Waals surface area contributed by atoms with Crippen molar-refractivity contribution in [2.45, 2.75) is 133 Å². The largest absolute Gasteiger partial charge is 0.394 e. The van der Waals surface area contributed by atoms with Crippen molar-refractivity contribution in [2.75, 3.05) is 19.8 Å². The maximum absolute atomic E-state index is 10.8. The molecule has 11 heteroatoms. The first-order valence-electron chi connectivity index (χ1n) is 13.1. The van der Waals surface area contributed by atoms with E-state index in [1.54, 1.807) is 0 Å². The predicted octanol–water partition coefficient (Wildman–Crippen LogP) is -0.452. The zero-order valence-corrected chi connectivity index (χ0v) is 20.7. The Labute approximate surface area is 207 Å².